The van der Waals surface area contributed by atoms with Crippen molar-refractivity contribution in [2.45, 2.75) is 39.3 Å². The molecule has 1 atom stereocenters. The molecule has 0 bridgehead atoms. The van der Waals surface area contributed by atoms with Crippen LogP contribution < -0.4 is 5.32 Å². The van der Waals surface area contributed by atoms with Gasteiger partial charge in [-0.15, -0.1) is 11.8 Å². The van der Waals surface area contributed by atoms with Crippen LogP contribution in [-0.2, 0) is 4.79 Å². The Hall–Kier alpha value is -2.09. The minimum absolute atomic E-state index is 0.0596. The topological polar surface area (TPSA) is 99.6 Å². The van der Waals surface area contributed by atoms with E-state index in [1.165, 1.54) is 28.8 Å². The van der Waals surface area contributed by atoms with E-state index in [1.807, 2.05) is 20.8 Å². The van der Waals surface area contributed by atoms with Crippen molar-refractivity contribution in [1.29, 1.82) is 0 Å². The van der Waals surface area contributed by atoms with Crippen molar-refractivity contribution in [2.24, 2.45) is 0 Å². The molecule has 130 valence electrons. The van der Waals surface area contributed by atoms with Gasteiger partial charge < -0.3 is 15.3 Å². The Morgan fingerprint density at radius 2 is 2.00 bits per heavy atom. The molecule has 8 heteroatoms. The Kier molecular flexibility index (Phi) is 5.17. The smallest absolute Gasteiger partial charge is 0.337 e. The van der Waals surface area contributed by atoms with Gasteiger partial charge in [-0.2, -0.15) is 0 Å². The zero-order chi connectivity index (χ0) is 18.1. The largest absolute Gasteiger partial charge is 0.478 e. The van der Waals surface area contributed by atoms with Crippen LogP contribution in [0.4, 0.5) is 0 Å². The average molecular weight is 351 g/mol. The van der Waals surface area contributed by atoms with Crippen molar-refractivity contribution in [2.75, 3.05) is 11.6 Å². The Balaban J connectivity index is 2.20. The Morgan fingerprint density at radius 3 is 2.54 bits per heavy atom. The lowest BCUT2D eigenvalue weighted by Gasteiger charge is -2.27. The maximum Gasteiger partial charge on any atom is 0.337 e. The first-order valence-electron chi connectivity index (χ1n) is 7.52. The molecule has 1 fully saturated rings. The number of thioether (sulfide) groups is 1. The number of carboxylic acids is 1. The molecule has 0 saturated carbocycles. The molecular formula is C16H21N3O4S. The number of carbonyl (C=O) groups excluding carboxylic acids is 2. The van der Waals surface area contributed by atoms with E-state index in [0.29, 0.717) is 11.6 Å². The van der Waals surface area contributed by atoms with Crippen LogP contribution in [0, 0.1) is 6.92 Å². The van der Waals surface area contributed by atoms with E-state index in [4.69, 9.17) is 5.11 Å². The molecule has 2 N–H and O–H groups in total. The van der Waals surface area contributed by atoms with Gasteiger partial charge in [0.15, 0.2) is 0 Å². The molecule has 0 radical (unpaired) electrons. The number of nitrogens with zero attached hydrogens (tertiary/aromatic N) is 2. The molecular weight excluding hydrogens is 330 g/mol. The first kappa shape index (κ1) is 18.3. The third-order valence-electron chi connectivity index (χ3n) is 3.48. The van der Waals surface area contributed by atoms with Gasteiger partial charge in [0.05, 0.1) is 17.1 Å². The van der Waals surface area contributed by atoms with E-state index in [9.17, 15) is 14.4 Å². The van der Waals surface area contributed by atoms with Gasteiger partial charge in [-0.05, 0) is 39.8 Å². The summed E-state index contributed by atoms with van der Waals surface area (Å²) >= 11 is 1.50. The SMILES string of the molecule is Cc1nc(C(=O)N2CSCC2C(=O)NC(C)(C)C)ccc1C(=O)O. The van der Waals surface area contributed by atoms with Crippen LogP contribution in [0.5, 0.6) is 0 Å². The summed E-state index contributed by atoms with van der Waals surface area (Å²) < 4.78 is 0. The summed E-state index contributed by atoms with van der Waals surface area (Å²) in [7, 11) is 0. The number of carbonyl (C=O) groups is 3. The van der Waals surface area contributed by atoms with Crippen molar-refractivity contribution in [3.05, 3.63) is 29.1 Å². The zero-order valence-electron chi connectivity index (χ0n) is 14.1. The van der Waals surface area contributed by atoms with Gasteiger partial charge in [-0.3, -0.25) is 9.59 Å². The van der Waals surface area contributed by atoms with E-state index < -0.39 is 12.0 Å². The first-order valence-corrected chi connectivity index (χ1v) is 8.67. The van der Waals surface area contributed by atoms with Crippen LogP contribution in [-0.4, -0.2) is 56.0 Å². The molecule has 1 aromatic heterocycles. The van der Waals surface area contributed by atoms with Crippen LogP contribution in [0.2, 0.25) is 0 Å². The number of aromatic carboxylic acids is 1. The fourth-order valence-corrected chi connectivity index (χ4v) is 3.52. The number of rotatable bonds is 3. The van der Waals surface area contributed by atoms with Crippen LogP contribution in [0.15, 0.2) is 12.1 Å². The van der Waals surface area contributed by atoms with Crippen LogP contribution in [0.25, 0.3) is 0 Å². The first-order chi connectivity index (χ1) is 11.1. The van der Waals surface area contributed by atoms with Crippen LogP contribution >= 0.6 is 11.8 Å². The molecule has 0 aliphatic carbocycles. The van der Waals surface area contributed by atoms with Crippen LogP contribution in [0.3, 0.4) is 0 Å². The summed E-state index contributed by atoms with van der Waals surface area (Å²) in [6.07, 6.45) is 0. The highest BCUT2D eigenvalue weighted by molar-refractivity contribution is 7.99. The minimum atomic E-state index is -1.09. The van der Waals surface area contributed by atoms with Gasteiger partial charge in [-0.25, -0.2) is 9.78 Å². The number of amides is 2. The molecule has 1 aromatic rings. The summed E-state index contributed by atoms with van der Waals surface area (Å²) in [6.45, 7) is 7.20. The summed E-state index contributed by atoms with van der Waals surface area (Å²) in [5.74, 6) is -0.713. The van der Waals surface area contributed by atoms with Gasteiger partial charge in [0, 0.05) is 11.3 Å². The highest BCUT2D eigenvalue weighted by atomic mass is 32.2. The molecule has 0 spiro atoms. The monoisotopic (exact) mass is 351 g/mol. The maximum atomic E-state index is 12.7. The molecule has 0 aromatic carbocycles. The number of hydrogen-bond donors (Lipinski definition) is 2. The van der Waals surface area contributed by atoms with Gasteiger partial charge in [0.1, 0.15) is 11.7 Å². The number of pyridine rings is 1. The molecule has 7 nitrogen and oxygen atoms in total. The molecule has 1 saturated heterocycles. The normalized spacial score (nSPS) is 17.7. The molecule has 24 heavy (non-hydrogen) atoms. The second-order valence-electron chi connectivity index (χ2n) is 6.66. The minimum Gasteiger partial charge on any atom is -0.478 e. The third kappa shape index (κ3) is 4.05. The van der Waals surface area contributed by atoms with E-state index in [1.54, 1.807) is 6.92 Å². The standard InChI is InChI=1S/C16H21N3O4S/c1-9-10(15(22)23)5-6-11(17-9)14(21)19-8-24-7-12(19)13(20)18-16(2,3)4/h5-6,12H,7-8H2,1-4H3,(H,18,20)(H,22,23). The quantitative estimate of drug-likeness (QED) is 0.856. The second-order valence-corrected chi connectivity index (χ2v) is 7.66. The summed E-state index contributed by atoms with van der Waals surface area (Å²) in [6, 6.07) is 2.20. The van der Waals surface area contributed by atoms with Gasteiger partial charge in [0.25, 0.3) is 5.91 Å². The Morgan fingerprint density at radius 1 is 1.33 bits per heavy atom. The number of carboxylic acid groups (broad SMARTS) is 1. The molecule has 2 rings (SSSR count). The molecule has 2 heterocycles. The predicted molar refractivity (Wildman–Crippen MR) is 91.1 cm³/mol. The van der Waals surface area contributed by atoms with E-state index in [2.05, 4.69) is 10.3 Å². The number of nitrogens with one attached hydrogen (secondary N) is 1. The molecule has 2 amide bonds. The zero-order valence-corrected chi connectivity index (χ0v) is 14.9. The lowest BCUT2D eigenvalue weighted by atomic mass is 10.1. The number of aromatic nitrogens is 1. The fourth-order valence-electron chi connectivity index (χ4n) is 2.37. The van der Waals surface area contributed by atoms with Gasteiger partial charge in [-0.1, -0.05) is 0 Å². The van der Waals surface area contributed by atoms with Crippen molar-refractivity contribution >= 4 is 29.5 Å². The van der Waals surface area contributed by atoms with Crippen LogP contribution in [0.1, 0.15) is 47.3 Å². The van der Waals surface area contributed by atoms with E-state index in [0.717, 1.165) is 0 Å². The predicted octanol–water partition coefficient (Wildman–Crippen LogP) is 1.52. The highest BCUT2D eigenvalue weighted by Crippen LogP contribution is 2.24. The molecule has 1 unspecified atom stereocenters. The summed E-state index contributed by atoms with van der Waals surface area (Å²) in [4.78, 5) is 41.7. The highest BCUT2D eigenvalue weighted by Gasteiger charge is 2.36. The van der Waals surface area contributed by atoms with Crippen molar-refractivity contribution < 1.29 is 19.5 Å². The summed E-state index contributed by atoms with van der Waals surface area (Å²) in [5, 5.41) is 11.9. The fraction of sp³-hybridized carbons (Fsp3) is 0.500. The lowest BCUT2D eigenvalue weighted by Crippen LogP contribution is -2.52. The Labute approximate surface area is 144 Å². The summed E-state index contributed by atoms with van der Waals surface area (Å²) in [5.41, 5.74) is 0.102. The van der Waals surface area contributed by atoms with Gasteiger partial charge in [0.2, 0.25) is 5.91 Å². The van der Waals surface area contributed by atoms with Crippen molar-refractivity contribution in [1.82, 2.24) is 15.2 Å². The Bertz CT molecular complexity index is 684. The lowest BCUT2D eigenvalue weighted by molar-refractivity contribution is -0.125. The van der Waals surface area contributed by atoms with Crippen molar-refractivity contribution in [3.63, 3.8) is 0 Å². The van der Waals surface area contributed by atoms with E-state index >= 15 is 0 Å². The van der Waals surface area contributed by atoms with Gasteiger partial charge >= 0.3 is 5.97 Å². The van der Waals surface area contributed by atoms with E-state index in [-0.39, 0.29) is 34.3 Å². The maximum absolute atomic E-state index is 12.7. The second kappa shape index (κ2) is 6.80. The van der Waals surface area contributed by atoms with Crippen molar-refractivity contribution in [3.8, 4) is 0 Å². The average Bonchev–Trinajstić information content (AvgIpc) is 2.93. The third-order valence-corrected chi connectivity index (χ3v) is 4.49. The number of aryl methyl sites for hydroxylation is 1. The molecule has 1 aliphatic rings. The molecule has 1 aliphatic heterocycles. The number of hydrogen-bond acceptors (Lipinski definition) is 5.